The third-order valence-electron chi connectivity index (χ3n) is 5.42. The zero-order valence-electron chi connectivity index (χ0n) is 15.2. The van der Waals surface area contributed by atoms with Crippen LogP contribution in [0.15, 0.2) is 36.5 Å². The highest BCUT2D eigenvalue weighted by Gasteiger charge is 2.15. The lowest BCUT2D eigenvalue weighted by atomic mass is 9.84. The number of hydrogen-bond donors (Lipinski definition) is 0. The van der Waals surface area contributed by atoms with E-state index in [-0.39, 0.29) is 0 Å². The first-order valence-corrected chi connectivity index (χ1v) is 9.71. The molecule has 0 amide bonds. The molecule has 1 heterocycles. The molecule has 1 saturated carbocycles. The molecule has 1 atom stereocenters. The normalized spacial score (nSPS) is 16.9. The number of nitrogens with zero attached hydrogens (tertiary/aromatic N) is 2. The first-order chi connectivity index (χ1) is 11.8. The molecular formula is C22H30N2. The van der Waals surface area contributed by atoms with Gasteiger partial charge in [0.05, 0.1) is 0 Å². The van der Waals surface area contributed by atoms with Crippen molar-refractivity contribution in [2.75, 3.05) is 0 Å². The number of rotatable bonds is 6. The average Bonchev–Trinajstić information content (AvgIpc) is 2.67. The van der Waals surface area contributed by atoms with Gasteiger partial charge in [0.2, 0.25) is 0 Å². The predicted molar refractivity (Wildman–Crippen MR) is 101 cm³/mol. The molecule has 1 aromatic carbocycles. The molecule has 2 nitrogen and oxygen atoms in total. The number of hydrogen-bond acceptors (Lipinski definition) is 2. The van der Waals surface area contributed by atoms with Gasteiger partial charge in [0.1, 0.15) is 0 Å². The highest BCUT2D eigenvalue weighted by atomic mass is 14.9. The van der Waals surface area contributed by atoms with Crippen LogP contribution < -0.4 is 0 Å². The van der Waals surface area contributed by atoms with E-state index in [2.05, 4.69) is 49.2 Å². The molecular weight excluding hydrogens is 292 g/mol. The van der Waals surface area contributed by atoms with Crippen LogP contribution in [0.5, 0.6) is 0 Å². The van der Waals surface area contributed by atoms with Crippen LogP contribution in [-0.4, -0.2) is 9.97 Å². The van der Waals surface area contributed by atoms with Crippen molar-refractivity contribution in [3.63, 3.8) is 0 Å². The minimum absolute atomic E-state index is 0.508. The fraction of sp³-hybridized carbons (Fsp3) is 0.545. The Bertz CT molecular complexity index is 627. The van der Waals surface area contributed by atoms with Gasteiger partial charge in [0, 0.05) is 17.5 Å². The van der Waals surface area contributed by atoms with Crippen LogP contribution in [0, 0.1) is 0 Å². The Balaban J connectivity index is 1.74. The summed E-state index contributed by atoms with van der Waals surface area (Å²) in [5, 5.41) is 0. The van der Waals surface area contributed by atoms with E-state index in [1.165, 1.54) is 62.6 Å². The summed E-state index contributed by atoms with van der Waals surface area (Å²) in [6.45, 7) is 4.51. The molecule has 0 N–H and O–H groups in total. The van der Waals surface area contributed by atoms with Crippen LogP contribution in [0.25, 0.3) is 11.4 Å². The van der Waals surface area contributed by atoms with Crippen molar-refractivity contribution in [2.45, 2.75) is 77.0 Å². The highest BCUT2D eigenvalue weighted by Crippen LogP contribution is 2.33. The summed E-state index contributed by atoms with van der Waals surface area (Å²) >= 11 is 0. The molecule has 128 valence electrons. The van der Waals surface area contributed by atoms with Crippen molar-refractivity contribution in [1.82, 2.24) is 9.97 Å². The van der Waals surface area contributed by atoms with E-state index in [1.54, 1.807) is 0 Å². The maximum atomic E-state index is 4.83. The van der Waals surface area contributed by atoms with E-state index in [0.29, 0.717) is 5.92 Å². The van der Waals surface area contributed by atoms with E-state index >= 15 is 0 Å². The van der Waals surface area contributed by atoms with Crippen molar-refractivity contribution in [3.8, 4) is 11.4 Å². The second kappa shape index (κ2) is 8.41. The summed E-state index contributed by atoms with van der Waals surface area (Å²) in [6, 6.07) is 11.1. The van der Waals surface area contributed by atoms with Gasteiger partial charge >= 0.3 is 0 Å². The van der Waals surface area contributed by atoms with E-state index in [4.69, 9.17) is 4.98 Å². The van der Waals surface area contributed by atoms with E-state index in [1.807, 2.05) is 6.20 Å². The summed E-state index contributed by atoms with van der Waals surface area (Å²) in [5.41, 5.74) is 3.80. The first kappa shape index (κ1) is 17.1. The van der Waals surface area contributed by atoms with Gasteiger partial charge in [-0.15, -0.1) is 0 Å². The smallest absolute Gasteiger partial charge is 0.159 e. The van der Waals surface area contributed by atoms with Gasteiger partial charge in [-0.2, -0.15) is 0 Å². The van der Waals surface area contributed by atoms with Crippen molar-refractivity contribution in [1.29, 1.82) is 0 Å². The Labute approximate surface area is 146 Å². The fourth-order valence-corrected chi connectivity index (χ4v) is 3.78. The van der Waals surface area contributed by atoms with Crippen LogP contribution in [0.1, 0.15) is 88.3 Å². The molecule has 0 spiro atoms. The van der Waals surface area contributed by atoms with Gasteiger partial charge in [0.25, 0.3) is 0 Å². The van der Waals surface area contributed by atoms with Crippen LogP contribution in [0.3, 0.4) is 0 Å². The summed E-state index contributed by atoms with van der Waals surface area (Å²) in [5.74, 6) is 2.13. The Kier molecular flexibility index (Phi) is 6.01. The van der Waals surface area contributed by atoms with Crippen LogP contribution in [0.2, 0.25) is 0 Å². The second-order valence-electron chi connectivity index (χ2n) is 7.31. The minimum Gasteiger partial charge on any atom is -0.237 e. The van der Waals surface area contributed by atoms with Gasteiger partial charge in [-0.25, -0.2) is 9.97 Å². The Morgan fingerprint density at radius 2 is 1.79 bits per heavy atom. The number of unbranched alkanes of at least 4 members (excludes halogenated alkanes) is 1. The lowest BCUT2D eigenvalue weighted by Gasteiger charge is -2.22. The molecule has 3 rings (SSSR count). The Morgan fingerprint density at radius 1 is 1.04 bits per heavy atom. The number of aromatic nitrogens is 2. The Morgan fingerprint density at radius 3 is 2.50 bits per heavy atom. The largest absolute Gasteiger partial charge is 0.237 e. The topological polar surface area (TPSA) is 25.8 Å². The molecule has 1 aliphatic rings. The second-order valence-corrected chi connectivity index (χ2v) is 7.31. The molecule has 1 fully saturated rings. The Hall–Kier alpha value is -1.70. The van der Waals surface area contributed by atoms with E-state index < -0.39 is 0 Å². The maximum absolute atomic E-state index is 4.83. The molecule has 1 aliphatic carbocycles. The monoisotopic (exact) mass is 322 g/mol. The number of benzene rings is 1. The molecule has 0 bridgehead atoms. The quantitative estimate of drug-likeness (QED) is 0.608. The van der Waals surface area contributed by atoms with Crippen molar-refractivity contribution >= 4 is 0 Å². The molecule has 1 unspecified atom stereocenters. The van der Waals surface area contributed by atoms with Crippen molar-refractivity contribution in [3.05, 3.63) is 47.8 Å². The molecule has 24 heavy (non-hydrogen) atoms. The third kappa shape index (κ3) is 4.23. The average molecular weight is 322 g/mol. The van der Waals surface area contributed by atoms with Gasteiger partial charge in [-0.05, 0) is 42.7 Å². The standard InChI is InChI=1S/C22H30N2/c1-3-4-8-17(2)21-15-16-23-22(24-21)20-13-11-19(12-14-20)18-9-6-5-7-10-18/h11-18H,3-10H2,1-2H3. The molecule has 0 saturated heterocycles. The van der Waals surface area contributed by atoms with Crippen LogP contribution in [0.4, 0.5) is 0 Å². The maximum Gasteiger partial charge on any atom is 0.159 e. The first-order valence-electron chi connectivity index (χ1n) is 9.71. The van der Waals surface area contributed by atoms with E-state index in [9.17, 15) is 0 Å². The minimum atomic E-state index is 0.508. The molecule has 2 heteroatoms. The molecule has 2 aromatic rings. The summed E-state index contributed by atoms with van der Waals surface area (Å²) in [4.78, 5) is 9.33. The summed E-state index contributed by atoms with van der Waals surface area (Å²) < 4.78 is 0. The summed E-state index contributed by atoms with van der Waals surface area (Å²) in [7, 11) is 0. The van der Waals surface area contributed by atoms with Gasteiger partial charge in [0.15, 0.2) is 5.82 Å². The highest BCUT2D eigenvalue weighted by molar-refractivity contribution is 5.55. The SMILES string of the molecule is CCCCC(C)c1ccnc(-c2ccc(C3CCCCC3)cc2)n1. The lowest BCUT2D eigenvalue weighted by Crippen LogP contribution is -2.04. The molecule has 0 aliphatic heterocycles. The fourth-order valence-electron chi connectivity index (χ4n) is 3.78. The lowest BCUT2D eigenvalue weighted by molar-refractivity contribution is 0.443. The van der Waals surface area contributed by atoms with Crippen molar-refractivity contribution in [2.24, 2.45) is 0 Å². The van der Waals surface area contributed by atoms with E-state index in [0.717, 1.165) is 17.3 Å². The zero-order valence-corrected chi connectivity index (χ0v) is 15.2. The predicted octanol–water partition coefficient (Wildman–Crippen LogP) is 6.49. The van der Waals surface area contributed by atoms with Gasteiger partial charge in [-0.3, -0.25) is 0 Å². The van der Waals surface area contributed by atoms with Gasteiger partial charge < -0.3 is 0 Å². The van der Waals surface area contributed by atoms with Crippen molar-refractivity contribution < 1.29 is 0 Å². The summed E-state index contributed by atoms with van der Waals surface area (Å²) in [6.07, 6.45) is 12.5. The van der Waals surface area contributed by atoms with Crippen LogP contribution >= 0.6 is 0 Å². The van der Waals surface area contributed by atoms with Crippen LogP contribution in [-0.2, 0) is 0 Å². The third-order valence-corrected chi connectivity index (χ3v) is 5.42. The van der Waals surface area contributed by atoms with Gasteiger partial charge in [-0.1, -0.05) is 70.2 Å². The zero-order chi connectivity index (χ0) is 16.8. The molecule has 1 aromatic heterocycles. The molecule has 0 radical (unpaired) electrons.